The highest BCUT2D eigenvalue weighted by molar-refractivity contribution is 14.0. The van der Waals surface area contributed by atoms with Crippen molar-refractivity contribution < 1.29 is 13.5 Å². The van der Waals surface area contributed by atoms with Crippen molar-refractivity contribution in [3.8, 4) is 5.75 Å². The molecule has 0 aliphatic carbocycles. The first kappa shape index (κ1) is 16.9. The van der Waals surface area contributed by atoms with Crippen LogP contribution in [-0.4, -0.2) is 36.6 Å². The number of nitrogens with one attached hydrogen (secondary N) is 2. The van der Waals surface area contributed by atoms with E-state index in [1.807, 2.05) is 6.92 Å². The number of hydrogen-bond donors (Lipinski definition) is 2. The molecule has 2 heterocycles. The summed E-state index contributed by atoms with van der Waals surface area (Å²) in [5.74, 6) is 1.08. The Hall–Kier alpha value is -1.19. The van der Waals surface area contributed by atoms with Crippen molar-refractivity contribution in [2.75, 3.05) is 13.2 Å². The Morgan fingerprint density at radius 3 is 3.00 bits per heavy atom. The second kappa shape index (κ2) is 8.18. The van der Waals surface area contributed by atoms with Crippen LogP contribution in [0.1, 0.15) is 12.5 Å². The molecule has 8 heteroatoms. The van der Waals surface area contributed by atoms with Crippen LogP contribution in [0.15, 0.2) is 23.5 Å². The number of aliphatic imine (C=N–C) groups is 1. The fourth-order valence-corrected chi connectivity index (χ4v) is 1.68. The summed E-state index contributed by atoms with van der Waals surface area (Å²) < 4.78 is 29.3. The van der Waals surface area contributed by atoms with Gasteiger partial charge in [-0.25, -0.2) is 8.78 Å². The molecule has 1 aliphatic rings. The van der Waals surface area contributed by atoms with E-state index in [1.165, 1.54) is 6.20 Å². The average Bonchev–Trinajstić information content (AvgIpc) is 2.80. The van der Waals surface area contributed by atoms with Crippen LogP contribution < -0.4 is 15.4 Å². The summed E-state index contributed by atoms with van der Waals surface area (Å²) in [7, 11) is 0. The molecule has 1 unspecified atom stereocenters. The van der Waals surface area contributed by atoms with Crippen molar-refractivity contribution in [2.45, 2.75) is 25.9 Å². The molecular weight excluding hydrogens is 381 g/mol. The summed E-state index contributed by atoms with van der Waals surface area (Å²) in [5, 5.41) is 6.26. The van der Waals surface area contributed by atoms with Crippen molar-refractivity contribution in [1.82, 2.24) is 15.6 Å². The first-order chi connectivity index (χ1) is 9.15. The Morgan fingerprint density at radius 1 is 1.55 bits per heavy atom. The van der Waals surface area contributed by atoms with Crippen LogP contribution in [0.25, 0.3) is 0 Å². The molecule has 20 heavy (non-hydrogen) atoms. The van der Waals surface area contributed by atoms with Gasteiger partial charge in [0.2, 0.25) is 0 Å². The van der Waals surface area contributed by atoms with Gasteiger partial charge >= 0.3 is 0 Å². The monoisotopic (exact) mass is 398 g/mol. The van der Waals surface area contributed by atoms with Gasteiger partial charge in [-0.1, -0.05) is 0 Å². The van der Waals surface area contributed by atoms with E-state index in [-0.39, 0.29) is 24.0 Å². The maximum absolute atomic E-state index is 12.1. The minimum absolute atomic E-state index is 0. The van der Waals surface area contributed by atoms with Gasteiger partial charge in [-0.05, 0) is 13.0 Å². The number of rotatable bonds is 5. The number of alkyl halides is 2. The zero-order chi connectivity index (χ0) is 13.7. The quantitative estimate of drug-likeness (QED) is 0.743. The predicted octanol–water partition coefficient (Wildman–Crippen LogP) is 1.78. The first-order valence-corrected chi connectivity index (χ1v) is 6.04. The fraction of sp³-hybridized carbons (Fsp3) is 0.500. The number of halogens is 3. The smallest absolute Gasteiger partial charge is 0.272 e. The Kier molecular flexibility index (Phi) is 6.89. The largest absolute Gasteiger partial charge is 0.486 e. The molecular formula is C12H17F2IN4O. The highest BCUT2D eigenvalue weighted by Crippen LogP contribution is 2.16. The Bertz CT molecular complexity index is 459. The molecule has 112 valence electrons. The number of pyridine rings is 1. The van der Waals surface area contributed by atoms with Crippen LogP contribution in [0.4, 0.5) is 8.78 Å². The minimum atomic E-state index is -2.50. The zero-order valence-corrected chi connectivity index (χ0v) is 13.3. The average molecular weight is 398 g/mol. The lowest BCUT2D eigenvalue weighted by molar-refractivity contribution is 0.0812. The van der Waals surface area contributed by atoms with E-state index < -0.39 is 13.0 Å². The van der Waals surface area contributed by atoms with Crippen LogP contribution in [0.5, 0.6) is 5.75 Å². The summed E-state index contributed by atoms with van der Waals surface area (Å²) in [6.07, 6.45) is 0.535. The zero-order valence-electron chi connectivity index (χ0n) is 11.0. The van der Waals surface area contributed by atoms with Gasteiger partial charge in [-0.3, -0.25) is 9.98 Å². The summed E-state index contributed by atoms with van der Waals surface area (Å²) >= 11 is 0. The van der Waals surface area contributed by atoms with E-state index in [1.54, 1.807) is 12.3 Å². The van der Waals surface area contributed by atoms with Gasteiger partial charge in [-0.15, -0.1) is 24.0 Å². The van der Waals surface area contributed by atoms with Gasteiger partial charge in [0.25, 0.3) is 6.43 Å². The molecule has 2 rings (SSSR count). The molecule has 1 aromatic rings. The highest BCUT2D eigenvalue weighted by Gasteiger charge is 2.13. The third-order valence-corrected chi connectivity index (χ3v) is 2.59. The molecule has 1 aromatic heterocycles. The van der Waals surface area contributed by atoms with Crippen LogP contribution in [0, 0.1) is 0 Å². The van der Waals surface area contributed by atoms with Crippen molar-refractivity contribution in [3.63, 3.8) is 0 Å². The summed E-state index contributed by atoms with van der Waals surface area (Å²) in [5.41, 5.74) is 0.764. The van der Waals surface area contributed by atoms with Gasteiger partial charge < -0.3 is 15.4 Å². The Labute approximate surface area is 133 Å². The van der Waals surface area contributed by atoms with E-state index in [2.05, 4.69) is 20.6 Å². The van der Waals surface area contributed by atoms with Crippen molar-refractivity contribution in [2.24, 2.45) is 4.99 Å². The molecule has 0 spiro atoms. The third-order valence-electron chi connectivity index (χ3n) is 2.59. The lowest BCUT2D eigenvalue weighted by Gasteiger charge is -2.12. The second-order valence-electron chi connectivity index (χ2n) is 4.27. The molecule has 0 saturated heterocycles. The molecule has 0 bridgehead atoms. The molecule has 1 aliphatic heterocycles. The number of ether oxygens (including phenoxy) is 1. The maximum atomic E-state index is 12.1. The Morgan fingerprint density at radius 2 is 2.35 bits per heavy atom. The second-order valence-corrected chi connectivity index (χ2v) is 4.27. The normalized spacial score (nSPS) is 17.2. The number of nitrogens with zero attached hydrogens (tertiary/aromatic N) is 2. The minimum Gasteiger partial charge on any atom is -0.486 e. The van der Waals surface area contributed by atoms with Gasteiger partial charge in [0.1, 0.15) is 12.4 Å². The predicted molar refractivity (Wildman–Crippen MR) is 82.9 cm³/mol. The van der Waals surface area contributed by atoms with Crippen LogP contribution in [-0.2, 0) is 6.54 Å². The van der Waals surface area contributed by atoms with E-state index in [0.717, 1.165) is 12.1 Å². The van der Waals surface area contributed by atoms with E-state index >= 15 is 0 Å². The molecule has 0 amide bonds. The molecule has 2 N–H and O–H groups in total. The first-order valence-electron chi connectivity index (χ1n) is 6.04. The molecule has 0 aromatic carbocycles. The lowest BCUT2D eigenvalue weighted by atomic mass is 10.2. The molecule has 0 saturated carbocycles. The summed E-state index contributed by atoms with van der Waals surface area (Å²) in [6.45, 7) is 2.57. The van der Waals surface area contributed by atoms with Gasteiger partial charge in [-0.2, -0.15) is 0 Å². The third kappa shape index (κ3) is 5.06. The van der Waals surface area contributed by atoms with E-state index in [9.17, 15) is 8.78 Å². The maximum Gasteiger partial charge on any atom is 0.272 e. The standard InChI is InChI=1S/C12H16F2N4O.HI/c1-8-4-16-12(18-8)17-5-9-2-3-15-6-10(9)19-7-11(13)14;/h2-3,6,8,11H,4-5,7H2,1H3,(H2,16,17,18);1H. The summed E-state index contributed by atoms with van der Waals surface area (Å²) in [4.78, 5) is 8.13. The number of hydrogen-bond acceptors (Lipinski definition) is 5. The van der Waals surface area contributed by atoms with Gasteiger partial charge in [0.15, 0.2) is 5.96 Å². The number of aromatic nitrogens is 1. The van der Waals surface area contributed by atoms with Crippen LogP contribution in [0.2, 0.25) is 0 Å². The van der Waals surface area contributed by atoms with Crippen molar-refractivity contribution in [3.05, 3.63) is 24.0 Å². The van der Waals surface area contributed by atoms with Crippen LogP contribution in [0.3, 0.4) is 0 Å². The van der Waals surface area contributed by atoms with Crippen molar-refractivity contribution in [1.29, 1.82) is 0 Å². The number of guanidine groups is 1. The Balaban J connectivity index is 0.00000200. The van der Waals surface area contributed by atoms with E-state index in [0.29, 0.717) is 24.3 Å². The summed E-state index contributed by atoms with van der Waals surface area (Å²) in [6, 6.07) is 2.04. The fourth-order valence-electron chi connectivity index (χ4n) is 1.68. The lowest BCUT2D eigenvalue weighted by Crippen LogP contribution is -2.37. The van der Waals surface area contributed by atoms with Gasteiger partial charge in [0.05, 0.1) is 12.7 Å². The van der Waals surface area contributed by atoms with Crippen LogP contribution >= 0.6 is 24.0 Å². The highest BCUT2D eigenvalue weighted by atomic mass is 127. The molecule has 0 radical (unpaired) electrons. The molecule has 1 atom stereocenters. The SMILES string of the molecule is CC1CN=C(NCc2ccncc2OCC(F)F)N1.I. The molecule has 0 fully saturated rings. The molecule has 5 nitrogen and oxygen atoms in total. The van der Waals surface area contributed by atoms with Gasteiger partial charge in [0, 0.05) is 24.3 Å². The van der Waals surface area contributed by atoms with Crippen molar-refractivity contribution >= 4 is 29.9 Å². The topological polar surface area (TPSA) is 58.5 Å². The van der Waals surface area contributed by atoms with E-state index in [4.69, 9.17) is 4.74 Å².